The van der Waals surface area contributed by atoms with Crippen LogP contribution in [0, 0.1) is 5.92 Å². The smallest absolute Gasteiger partial charge is 0.198 e. The van der Waals surface area contributed by atoms with Crippen LogP contribution in [0.2, 0.25) is 0 Å². The monoisotopic (exact) mass is 378 g/mol. The van der Waals surface area contributed by atoms with E-state index in [0.717, 1.165) is 42.1 Å². The lowest BCUT2D eigenvalue weighted by molar-refractivity contribution is -0.109. The van der Waals surface area contributed by atoms with Crippen molar-refractivity contribution in [2.24, 2.45) is 13.0 Å². The summed E-state index contributed by atoms with van der Waals surface area (Å²) in [6.45, 7) is 9.50. The molecule has 0 aliphatic carbocycles. The van der Waals surface area contributed by atoms with Gasteiger partial charge in [0.05, 0.1) is 18.8 Å². The number of aromatic nitrogens is 3. The third-order valence-corrected chi connectivity index (χ3v) is 5.74. The fourth-order valence-corrected chi connectivity index (χ4v) is 3.96. The van der Waals surface area contributed by atoms with Gasteiger partial charge in [0.2, 0.25) is 0 Å². The van der Waals surface area contributed by atoms with E-state index in [1.54, 1.807) is 6.33 Å². The number of rotatable bonds is 8. The van der Waals surface area contributed by atoms with Crippen LogP contribution in [0.4, 0.5) is 0 Å². The average molecular weight is 379 g/mol. The summed E-state index contributed by atoms with van der Waals surface area (Å²) in [6, 6.07) is 4.09. The van der Waals surface area contributed by atoms with Crippen molar-refractivity contribution in [3.05, 3.63) is 24.2 Å². The first kappa shape index (κ1) is 19.5. The first-order valence-electron chi connectivity index (χ1n) is 9.53. The first-order chi connectivity index (χ1) is 12.5. The van der Waals surface area contributed by atoms with E-state index in [9.17, 15) is 0 Å². The minimum absolute atomic E-state index is 0.299. The summed E-state index contributed by atoms with van der Waals surface area (Å²) < 4.78 is 14.2. The molecule has 0 aromatic carbocycles. The molecule has 1 fully saturated rings. The number of furan rings is 1. The summed E-state index contributed by atoms with van der Waals surface area (Å²) in [5, 5.41) is 9.68. The second-order valence-electron chi connectivity index (χ2n) is 7.42. The van der Waals surface area contributed by atoms with Crippen LogP contribution in [-0.2, 0) is 18.3 Å². The van der Waals surface area contributed by atoms with Crippen LogP contribution in [0.25, 0.3) is 0 Å². The molecule has 2 aromatic rings. The maximum atomic E-state index is 6.31. The SMILES string of the molecule is CCCC[C@@H]1CN(Cc2ccc(Sc3nncn3C)o2)C[C@H](C(C)C)O1. The van der Waals surface area contributed by atoms with Crippen molar-refractivity contribution in [3.8, 4) is 0 Å². The van der Waals surface area contributed by atoms with E-state index in [-0.39, 0.29) is 0 Å². The predicted octanol–water partition coefficient (Wildman–Crippen LogP) is 3.97. The highest BCUT2D eigenvalue weighted by atomic mass is 32.2. The number of aryl methyl sites for hydroxylation is 1. The zero-order valence-corrected chi connectivity index (χ0v) is 17.0. The summed E-state index contributed by atoms with van der Waals surface area (Å²) >= 11 is 1.50. The van der Waals surface area contributed by atoms with Crippen molar-refractivity contribution in [1.29, 1.82) is 0 Å². The Morgan fingerprint density at radius 2 is 2.15 bits per heavy atom. The largest absolute Gasteiger partial charge is 0.453 e. The molecule has 3 rings (SSSR count). The van der Waals surface area contributed by atoms with E-state index >= 15 is 0 Å². The summed E-state index contributed by atoms with van der Waals surface area (Å²) in [6.07, 6.45) is 5.91. The van der Waals surface area contributed by atoms with E-state index in [1.807, 2.05) is 17.7 Å². The van der Waals surface area contributed by atoms with Gasteiger partial charge in [0.25, 0.3) is 0 Å². The maximum Gasteiger partial charge on any atom is 0.198 e. The molecule has 0 amide bonds. The molecule has 0 saturated carbocycles. The molecule has 2 atom stereocenters. The third kappa shape index (κ3) is 5.11. The van der Waals surface area contributed by atoms with Crippen LogP contribution < -0.4 is 0 Å². The van der Waals surface area contributed by atoms with Gasteiger partial charge in [-0.05, 0) is 36.2 Å². The number of unbranched alkanes of at least 4 members (excludes halogenated alkanes) is 1. The van der Waals surface area contributed by atoms with Crippen molar-refractivity contribution in [1.82, 2.24) is 19.7 Å². The maximum absolute atomic E-state index is 6.31. The van der Waals surface area contributed by atoms with E-state index in [2.05, 4.69) is 41.9 Å². The van der Waals surface area contributed by atoms with Gasteiger partial charge in [-0.3, -0.25) is 4.90 Å². The molecule has 0 bridgehead atoms. The quantitative estimate of drug-likeness (QED) is 0.693. The summed E-state index contributed by atoms with van der Waals surface area (Å²) in [5.74, 6) is 1.52. The predicted molar refractivity (Wildman–Crippen MR) is 102 cm³/mol. The number of hydrogen-bond donors (Lipinski definition) is 0. The highest BCUT2D eigenvalue weighted by Crippen LogP contribution is 2.28. The standard InChI is InChI=1S/C19H30N4O2S/c1-5-6-7-15-10-23(12-17(24-15)14(2)3)11-16-8-9-18(25-16)26-19-21-20-13-22(19)4/h8-9,13-15,17H,5-7,10-12H2,1-4H3/t15-,17-/m1/s1. The summed E-state index contributed by atoms with van der Waals surface area (Å²) in [4.78, 5) is 2.48. The average Bonchev–Trinajstić information content (AvgIpc) is 3.22. The van der Waals surface area contributed by atoms with Crippen LogP contribution in [0.3, 0.4) is 0 Å². The van der Waals surface area contributed by atoms with E-state index < -0.39 is 0 Å². The zero-order valence-electron chi connectivity index (χ0n) is 16.2. The number of hydrogen-bond acceptors (Lipinski definition) is 6. The second-order valence-corrected chi connectivity index (χ2v) is 8.40. The van der Waals surface area contributed by atoms with Crippen LogP contribution in [-0.4, -0.2) is 45.0 Å². The molecule has 1 aliphatic rings. The molecule has 26 heavy (non-hydrogen) atoms. The second kappa shape index (κ2) is 9.06. The zero-order chi connectivity index (χ0) is 18.5. The molecule has 0 radical (unpaired) electrons. The van der Waals surface area contributed by atoms with Crippen LogP contribution in [0.1, 0.15) is 45.8 Å². The molecule has 0 unspecified atom stereocenters. The molecule has 3 heterocycles. The highest BCUT2D eigenvalue weighted by molar-refractivity contribution is 7.99. The highest BCUT2D eigenvalue weighted by Gasteiger charge is 2.29. The molecule has 1 saturated heterocycles. The third-order valence-electron chi connectivity index (χ3n) is 4.77. The van der Waals surface area contributed by atoms with Crippen molar-refractivity contribution < 1.29 is 9.15 Å². The molecule has 6 nitrogen and oxygen atoms in total. The van der Waals surface area contributed by atoms with Crippen molar-refractivity contribution in [2.45, 2.75) is 69.0 Å². The van der Waals surface area contributed by atoms with Gasteiger partial charge in [-0.1, -0.05) is 33.6 Å². The van der Waals surface area contributed by atoms with Gasteiger partial charge in [-0.25, -0.2) is 0 Å². The Bertz CT molecular complexity index is 685. The topological polar surface area (TPSA) is 56.3 Å². The lowest BCUT2D eigenvalue weighted by Crippen LogP contribution is -2.48. The van der Waals surface area contributed by atoms with Crippen LogP contribution in [0.5, 0.6) is 0 Å². The van der Waals surface area contributed by atoms with Gasteiger partial charge in [0.1, 0.15) is 12.1 Å². The number of ether oxygens (including phenoxy) is 1. The Morgan fingerprint density at radius 3 is 2.85 bits per heavy atom. The van der Waals surface area contributed by atoms with Gasteiger partial charge in [-0.15, -0.1) is 10.2 Å². The molecule has 0 N–H and O–H groups in total. The van der Waals surface area contributed by atoms with Crippen LogP contribution >= 0.6 is 11.8 Å². The van der Waals surface area contributed by atoms with Gasteiger partial charge >= 0.3 is 0 Å². The lowest BCUT2D eigenvalue weighted by Gasteiger charge is -2.39. The molecule has 0 spiro atoms. The Kier molecular flexibility index (Phi) is 6.78. The molecule has 1 aliphatic heterocycles. The van der Waals surface area contributed by atoms with Gasteiger partial charge in [0.15, 0.2) is 10.2 Å². The minimum atomic E-state index is 0.299. The number of nitrogens with zero attached hydrogens (tertiary/aromatic N) is 4. The van der Waals surface area contributed by atoms with Crippen molar-refractivity contribution in [2.75, 3.05) is 13.1 Å². The Hall–Kier alpha value is -1.31. The molecule has 144 valence electrons. The van der Waals surface area contributed by atoms with Gasteiger partial charge in [-0.2, -0.15) is 0 Å². The Balaban J connectivity index is 1.60. The first-order valence-corrected chi connectivity index (χ1v) is 10.3. The Labute approximate surface area is 160 Å². The van der Waals surface area contributed by atoms with E-state index in [1.165, 1.54) is 24.6 Å². The summed E-state index contributed by atoms with van der Waals surface area (Å²) in [7, 11) is 1.93. The van der Waals surface area contributed by atoms with Crippen molar-refractivity contribution in [3.63, 3.8) is 0 Å². The summed E-state index contributed by atoms with van der Waals surface area (Å²) in [5.41, 5.74) is 0. The fraction of sp³-hybridized carbons (Fsp3) is 0.684. The Morgan fingerprint density at radius 1 is 1.31 bits per heavy atom. The van der Waals surface area contributed by atoms with Gasteiger partial charge in [0, 0.05) is 20.1 Å². The molecular weight excluding hydrogens is 348 g/mol. The molecular formula is C19H30N4O2S. The van der Waals surface area contributed by atoms with E-state index in [4.69, 9.17) is 9.15 Å². The normalized spacial score (nSPS) is 21.6. The van der Waals surface area contributed by atoms with Gasteiger partial charge < -0.3 is 13.7 Å². The fourth-order valence-electron chi connectivity index (χ4n) is 3.21. The lowest BCUT2D eigenvalue weighted by atomic mass is 10.0. The minimum Gasteiger partial charge on any atom is -0.453 e. The van der Waals surface area contributed by atoms with E-state index in [0.29, 0.717) is 18.1 Å². The molecule has 7 heteroatoms. The molecule has 2 aromatic heterocycles. The number of morpholine rings is 1. The van der Waals surface area contributed by atoms with Crippen LogP contribution in [0.15, 0.2) is 33.1 Å². The van der Waals surface area contributed by atoms with Crippen molar-refractivity contribution >= 4 is 11.8 Å².